The van der Waals surface area contributed by atoms with Crippen molar-refractivity contribution in [3.05, 3.63) is 76.9 Å². The molecule has 1 spiro atoms. The van der Waals surface area contributed by atoms with Gasteiger partial charge in [-0.3, -0.25) is 4.79 Å². The lowest BCUT2D eigenvalue weighted by molar-refractivity contribution is 0.0734. The van der Waals surface area contributed by atoms with Gasteiger partial charge in [0.2, 0.25) is 5.95 Å². The number of aliphatic hydroxyl groups is 1. The summed E-state index contributed by atoms with van der Waals surface area (Å²) in [5.74, 6) is 0.935. The van der Waals surface area contributed by atoms with Crippen LogP contribution in [0.25, 0.3) is 16.9 Å². The summed E-state index contributed by atoms with van der Waals surface area (Å²) in [6.07, 6.45) is 6.63. The fraction of sp³-hybridized carbons (Fsp3) is 0.400. The molecular weight excluding hydrogens is 504 g/mol. The number of rotatable bonds is 6. The van der Waals surface area contributed by atoms with Gasteiger partial charge in [-0.1, -0.05) is 12.1 Å². The lowest BCUT2D eigenvalue weighted by Crippen LogP contribution is -2.44. The van der Waals surface area contributed by atoms with E-state index in [4.69, 9.17) is 9.97 Å². The number of piperazine rings is 1. The first-order valence-electron chi connectivity index (χ1n) is 14.0. The summed E-state index contributed by atoms with van der Waals surface area (Å²) >= 11 is 0. The van der Waals surface area contributed by atoms with Crippen molar-refractivity contribution in [2.45, 2.75) is 38.3 Å². The molecule has 0 amide bonds. The number of aromatic nitrogens is 5. The Morgan fingerprint density at radius 2 is 1.85 bits per heavy atom. The second-order valence-electron chi connectivity index (χ2n) is 11.4. The van der Waals surface area contributed by atoms with E-state index in [0.29, 0.717) is 28.5 Å². The number of aryl methyl sites for hydroxylation is 1. The zero-order chi connectivity index (χ0) is 27.4. The molecule has 7 rings (SSSR count). The van der Waals surface area contributed by atoms with Crippen molar-refractivity contribution >= 4 is 28.4 Å². The zero-order valence-corrected chi connectivity index (χ0v) is 22.8. The van der Waals surface area contributed by atoms with Gasteiger partial charge < -0.3 is 20.2 Å². The van der Waals surface area contributed by atoms with Crippen LogP contribution in [0.15, 0.2) is 60.0 Å². The molecule has 10 nitrogen and oxygen atoms in total. The first-order valence-corrected chi connectivity index (χ1v) is 14.0. The summed E-state index contributed by atoms with van der Waals surface area (Å²) in [7, 11) is 2.15. The number of pyridine rings is 1. The van der Waals surface area contributed by atoms with Crippen molar-refractivity contribution in [1.29, 1.82) is 0 Å². The molecule has 4 heterocycles. The fourth-order valence-corrected chi connectivity index (χ4v) is 6.11. The van der Waals surface area contributed by atoms with Crippen LogP contribution in [0.4, 0.5) is 17.3 Å². The Hall–Kier alpha value is -4.02. The average molecular weight is 539 g/mol. The van der Waals surface area contributed by atoms with Gasteiger partial charge in [-0.05, 0) is 68.6 Å². The first-order chi connectivity index (χ1) is 19.5. The van der Waals surface area contributed by atoms with Gasteiger partial charge in [0, 0.05) is 49.2 Å². The smallest absolute Gasteiger partial charge is 0.278 e. The molecule has 206 valence electrons. The minimum atomic E-state index is -0.585. The van der Waals surface area contributed by atoms with Gasteiger partial charge in [0.1, 0.15) is 11.5 Å². The lowest BCUT2D eigenvalue weighted by atomic mass is 9.82. The number of nitrogens with one attached hydrogen (secondary N) is 1. The van der Waals surface area contributed by atoms with Crippen molar-refractivity contribution in [3.63, 3.8) is 0 Å². The van der Waals surface area contributed by atoms with E-state index in [1.165, 1.54) is 5.69 Å². The van der Waals surface area contributed by atoms with E-state index >= 15 is 0 Å². The molecule has 0 bridgehead atoms. The molecule has 2 N–H and O–H groups in total. The van der Waals surface area contributed by atoms with Crippen molar-refractivity contribution in [2.75, 3.05) is 43.4 Å². The van der Waals surface area contributed by atoms with Crippen LogP contribution in [0.1, 0.15) is 36.6 Å². The maximum absolute atomic E-state index is 13.4. The maximum atomic E-state index is 13.4. The van der Waals surface area contributed by atoms with Gasteiger partial charge in [0.25, 0.3) is 5.56 Å². The first kappa shape index (κ1) is 25.0. The van der Waals surface area contributed by atoms with Crippen LogP contribution in [0.2, 0.25) is 0 Å². The SMILES string of the molecule is C=CCn1c(=O)c2cnc(Nc3ccc(N4CCN(C)CC4)cc3)nc2n1-c1ccc2c(n1)[C@H](O)C1(CC2)CC1. The van der Waals surface area contributed by atoms with E-state index in [-0.39, 0.29) is 17.5 Å². The number of hydrogen-bond acceptors (Lipinski definition) is 8. The predicted octanol–water partition coefficient (Wildman–Crippen LogP) is 3.42. The summed E-state index contributed by atoms with van der Waals surface area (Å²) in [4.78, 5) is 32.2. The number of hydrogen-bond donors (Lipinski definition) is 2. The van der Waals surface area contributed by atoms with E-state index in [2.05, 4.69) is 45.9 Å². The highest BCUT2D eigenvalue weighted by atomic mass is 16.3. The summed E-state index contributed by atoms with van der Waals surface area (Å²) in [6, 6.07) is 12.2. The molecule has 2 aliphatic carbocycles. The molecule has 2 fully saturated rings. The summed E-state index contributed by atoms with van der Waals surface area (Å²) in [5.41, 5.74) is 4.06. The van der Waals surface area contributed by atoms with Gasteiger partial charge in [0.05, 0.1) is 12.2 Å². The Morgan fingerprint density at radius 1 is 1.07 bits per heavy atom. The molecule has 4 aromatic rings. The molecule has 1 aromatic carbocycles. The van der Waals surface area contributed by atoms with Crippen LogP contribution >= 0.6 is 0 Å². The Kier molecular flexibility index (Phi) is 5.97. The van der Waals surface area contributed by atoms with Gasteiger partial charge >= 0.3 is 0 Å². The Labute approximate surface area is 232 Å². The monoisotopic (exact) mass is 538 g/mol. The normalized spacial score (nSPS) is 20.1. The van der Waals surface area contributed by atoms with Gasteiger partial charge in [-0.15, -0.1) is 6.58 Å². The number of nitrogens with zero attached hydrogens (tertiary/aromatic N) is 7. The molecule has 40 heavy (non-hydrogen) atoms. The third-order valence-corrected chi connectivity index (χ3v) is 8.81. The topological polar surface area (TPSA) is 104 Å². The number of benzene rings is 1. The average Bonchev–Trinajstić information content (AvgIpc) is 3.71. The second-order valence-corrected chi connectivity index (χ2v) is 11.4. The standard InChI is InChI=1S/C30H34N8O2/c1-3-14-37-28(40)23-19-31-29(32-21-5-7-22(8-6-21)36-17-15-35(2)16-18-36)34-27(23)38(37)24-9-4-20-10-11-30(12-13-30)26(39)25(20)33-24/h3-9,19,26,39H,1,10-18H2,2H3,(H,31,32,34)/t26-/m0/s1. The van der Waals surface area contributed by atoms with E-state index in [1.807, 2.05) is 24.3 Å². The minimum Gasteiger partial charge on any atom is -0.386 e. The van der Waals surface area contributed by atoms with Crippen LogP contribution in [-0.2, 0) is 13.0 Å². The number of likely N-dealkylation sites (N-methyl/N-ethyl adjacent to an activating group) is 1. The molecule has 10 heteroatoms. The van der Waals surface area contributed by atoms with E-state index in [9.17, 15) is 9.90 Å². The number of aliphatic hydroxyl groups excluding tert-OH is 1. The van der Waals surface area contributed by atoms with Crippen LogP contribution in [0.5, 0.6) is 0 Å². The number of allylic oxidation sites excluding steroid dienone is 1. The highest BCUT2D eigenvalue weighted by Gasteiger charge is 2.52. The molecule has 3 aliphatic rings. The fourth-order valence-electron chi connectivity index (χ4n) is 6.11. The van der Waals surface area contributed by atoms with Crippen molar-refractivity contribution in [2.24, 2.45) is 5.41 Å². The highest BCUT2D eigenvalue weighted by molar-refractivity contribution is 5.77. The van der Waals surface area contributed by atoms with Gasteiger partial charge in [-0.2, -0.15) is 4.98 Å². The third kappa shape index (κ3) is 4.18. The van der Waals surface area contributed by atoms with Crippen LogP contribution < -0.4 is 15.8 Å². The zero-order valence-electron chi connectivity index (χ0n) is 22.8. The largest absolute Gasteiger partial charge is 0.386 e. The summed E-state index contributed by atoms with van der Waals surface area (Å²) in [5, 5.41) is 14.8. The molecule has 0 radical (unpaired) electrons. The van der Waals surface area contributed by atoms with Crippen LogP contribution in [-0.4, -0.2) is 67.5 Å². The van der Waals surface area contributed by atoms with Crippen molar-refractivity contribution in [3.8, 4) is 5.82 Å². The van der Waals surface area contributed by atoms with Gasteiger partial charge in [0.15, 0.2) is 11.5 Å². The van der Waals surface area contributed by atoms with Crippen LogP contribution in [0.3, 0.4) is 0 Å². The summed E-state index contributed by atoms with van der Waals surface area (Å²) in [6.45, 7) is 8.26. The van der Waals surface area contributed by atoms with E-state index < -0.39 is 6.10 Å². The van der Waals surface area contributed by atoms with Crippen molar-refractivity contribution < 1.29 is 5.11 Å². The Morgan fingerprint density at radius 3 is 2.58 bits per heavy atom. The summed E-state index contributed by atoms with van der Waals surface area (Å²) < 4.78 is 3.29. The van der Waals surface area contributed by atoms with Gasteiger partial charge in [-0.25, -0.2) is 19.3 Å². The second kappa shape index (κ2) is 9.57. The molecule has 1 aliphatic heterocycles. The molecule has 1 saturated carbocycles. The molecule has 1 atom stereocenters. The van der Waals surface area contributed by atoms with E-state index in [0.717, 1.165) is 63.1 Å². The lowest BCUT2D eigenvalue weighted by Gasteiger charge is -2.34. The molecular formula is C30H34N8O2. The Balaban J connectivity index is 1.23. The molecule has 3 aromatic heterocycles. The van der Waals surface area contributed by atoms with E-state index in [1.54, 1.807) is 21.6 Å². The van der Waals surface area contributed by atoms with Crippen molar-refractivity contribution in [1.82, 2.24) is 29.2 Å². The highest BCUT2D eigenvalue weighted by Crippen LogP contribution is 2.60. The molecule has 1 saturated heterocycles. The number of anilines is 3. The predicted molar refractivity (Wildman–Crippen MR) is 155 cm³/mol. The number of fused-ring (bicyclic) bond motifs is 2. The quantitative estimate of drug-likeness (QED) is 0.360. The maximum Gasteiger partial charge on any atom is 0.278 e. The Bertz CT molecular complexity index is 1640. The molecule has 0 unspecified atom stereocenters. The minimum absolute atomic E-state index is 0.0304. The van der Waals surface area contributed by atoms with Crippen LogP contribution in [0, 0.1) is 5.41 Å². The third-order valence-electron chi connectivity index (χ3n) is 8.81.